The average molecular weight is 320 g/mol. The molecule has 0 radical (unpaired) electrons. The largest absolute Gasteiger partial charge is 0.279 e. The zero-order chi connectivity index (χ0) is 15.7. The average Bonchev–Trinajstić information content (AvgIpc) is 3.19. The number of fused-ring (bicyclic) bond motifs is 2. The summed E-state index contributed by atoms with van der Waals surface area (Å²) in [6.07, 6.45) is 6.60. The summed E-state index contributed by atoms with van der Waals surface area (Å²) >= 11 is 1.50. The molecule has 2 bridgehead atoms. The van der Waals surface area contributed by atoms with Crippen molar-refractivity contribution in [2.75, 3.05) is 0 Å². The third-order valence-electron chi connectivity index (χ3n) is 5.21. The Morgan fingerprint density at radius 2 is 2.09 bits per heavy atom. The van der Waals surface area contributed by atoms with E-state index in [4.69, 9.17) is 0 Å². The van der Waals surface area contributed by atoms with Crippen LogP contribution in [0, 0.1) is 24.7 Å². The molecule has 22 heavy (non-hydrogen) atoms. The van der Waals surface area contributed by atoms with Crippen molar-refractivity contribution < 1.29 is 9.59 Å². The zero-order valence-corrected chi connectivity index (χ0v) is 14.1. The minimum Gasteiger partial charge on any atom is -0.273 e. The molecule has 0 saturated heterocycles. The minimum absolute atomic E-state index is 0.0603. The third-order valence-corrected chi connectivity index (χ3v) is 6.59. The van der Waals surface area contributed by atoms with Crippen molar-refractivity contribution >= 4 is 23.2 Å². The van der Waals surface area contributed by atoms with Crippen LogP contribution in [0.4, 0.5) is 0 Å². The number of hydrogen-bond donors (Lipinski definition) is 2. The van der Waals surface area contributed by atoms with Gasteiger partial charge in [-0.2, -0.15) is 0 Å². The number of hydrogen-bond acceptors (Lipinski definition) is 3. The van der Waals surface area contributed by atoms with E-state index < -0.39 is 0 Å². The number of thiophene rings is 1. The van der Waals surface area contributed by atoms with E-state index in [1.165, 1.54) is 41.9 Å². The van der Waals surface area contributed by atoms with Gasteiger partial charge < -0.3 is 0 Å². The van der Waals surface area contributed by atoms with Gasteiger partial charge in [0.1, 0.15) is 0 Å². The lowest BCUT2D eigenvalue weighted by molar-refractivity contribution is -0.123. The van der Waals surface area contributed by atoms with Crippen molar-refractivity contribution in [1.82, 2.24) is 10.9 Å². The molecular weight excluding hydrogens is 296 g/mol. The summed E-state index contributed by atoms with van der Waals surface area (Å²) in [7, 11) is 0. The first-order chi connectivity index (χ1) is 10.6. The fourth-order valence-corrected chi connectivity index (χ4v) is 5.10. The van der Waals surface area contributed by atoms with Gasteiger partial charge in [-0.1, -0.05) is 13.3 Å². The SMILES string of the molecule is CCc1sc(C(=O)NNC(=O)C[C@H]2C[C@H]3CC[C@@H]2C3)cc1C. The zero-order valence-electron chi connectivity index (χ0n) is 13.3. The highest BCUT2D eigenvalue weighted by Crippen LogP contribution is 2.49. The highest BCUT2D eigenvalue weighted by molar-refractivity contribution is 7.14. The van der Waals surface area contributed by atoms with Crippen LogP contribution in [-0.4, -0.2) is 11.8 Å². The lowest BCUT2D eigenvalue weighted by Crippen LogP contribution is -2.42. The highest BCUT2D eigenvalue weighted by atomic mass is 32.1. The molecule has 3 atom stereocenters. The molecule has 4 nitrogen and oxygen atoms in total. The number of amides is 2. The van der Waals surface area contributed by atoms with Gasteiger partial charge >= 0.3 is 0 Å². The number of carbonyl (C=O) groups is 2. The summed E-state index contributed by atoms with van der Waals surface area (Å²) in [6, 6.07) is 1.89. The van der Waals surface area contributed by atoms with Crippen molar-refractivity contribution in [2.45, 2.75) is 52.4 Å². The van der Waals surface area contributed by atoms with Gasteiger partial charge in [0.05, 0.1) is 4.88 Å². The van der Waals surface area contributed by atoms with Crippen molar-refractivity contribution in [3.05, 3.63) is 21.4 Å². The molecule has 2 aliphatic rings. The van der Waals surface area contributed by atoms with Gasteiger partial charge in [-0.25, -0.2) is 0 Å². The van der Waals surface area contributed by atoms with E-state index in [0.717, 1.165) is 23.8 Å². The van der Waals surface area contributed by atoms with E-state index in [0.29, 0.717) is 17.2 Å². The Bertz CT molecular complexity index is 581. The maximum Gasteiger partial charge on any atom is 0.279 e. The lowest BCUT2D eigenvalue weighted by atomic mass is 9.86. The van der Waals surface area contributed by atoms with Gasteiger partial charge in [-0.15, -0.1) is 11.3 Å². The van der Waals surface area contributed by atoms with Gasteiger partial charge in [-0.05, 0) is 62.0 Å². The van der Waals surface area contributed by atoms with E-state index in [-0.39, 0.29) is 11.8 Å². The Balaban J connectivity index is 1.47. The fraction of sp³-hybridized carbons (Fsp3) is 0.647. The molecule has 0 spiro atoms. The highest BCUT2D eigenvalue weighted by Gasteiger charge is 2.40. The molecule has 2 saturated carbocycles. The molecular formula is C17H24N2O2S. The number of nitrogens with one attached hydrogen (secondary N) is 2. The summed E-state index contributed by atoms with van der Waals surface area (Å²) < 4.78 is 0. The Kier molecular flexibility index (Phi) is 4.52. The van der Waals surface area contributed by atoms with Crippen molar-refractivity contribution in [1.29, 1.82) is 0 Å². The lowest BCUT2D eigenvalue weighted by Gasteiger charge is -2.20. The molecule has 0 aliphatic heterocycles. The Labute approximate surface area is 135 Å². The summed E-state index contributed by atoms with van der Waals surface area (Å²) in [4.78, 5) is 26.0. The van der Waals surface area contributed by atoms with E-state index in [2.05, 4.69) is 17.8 Å². The summed E-state index contributed by atoms with van der Waals surface area (Å²) in [5, 5.41) is 0. The molecule has 2 fully saturated rings. The minimum atomic E-state index is -0.214. The summed E-state index contributed by atoms with van der Waals surface area (Å²) in [5.41, 5.74) is 6.28. The molecule has 1 aromatic rings. The number of carbonyl (C=O) groups excluding carboxylic acids is 2. The van der Waals surface area contributed by atoms with Crippen molar-refractivity contribution in [2.24, 2.45) is 17.8 Å². The molecule has 1 heterocycles. The first-order valence-electron chi connectivity index (χ1n) is 8.25. The van der Waals surface area contributed by atoms with E-state index >= 15 is 0 Å². The van der Waals surface area contributed by atoms with Gasteiger partial charge in [0.25, 0.3) is 5.91 Å². The topological polar surface area (TPSA) is 58.2 Å². The molecule has 120 valence electrons. The molecule has 2 N–H and O–H groups in total. The molecule has 5 heteroatoms. The van der Waals surface area contributed by atoms with Crippen LogP contribution in [0.2, 0.25) is 0 Å². The maximum absolute atomic E-state index is 12.1. The van der Waals surface area contributed by atoms with Crippen LogP contribution in [0.25, 0.3) is 0 Å². The predicted molar refractivity (Wildman–Crippen MR) is 87.6 cm³/mol. The van der Waals surface area contributed by atoms with E-state index in [9.17, 15) is 9.59 Å². The van der Waals surface area contributed by atoms with E-state index in [1.807, 2.05) is 13.0 Å². The molecule has 2 amide bonds. The summed E-state index contributed by atoms with van der Waals surface area (Å²) in [5.74, 6) is 1.83. The van der Waals surface area contributed by atoms with Crippen LogP contribution >= 0.6 is 11.3 Å². The van der Waals surface area contributed by atoms with Gasteiger partial charge in [-0.3, -0.25) is 20.4 Å². The standard InChI is InChI=1S/C17H24N2O2S/c1-3-14-10(2)6-15(22-14)17(21)19-18-16(20)9-13-8-11-4-5-12(13)7-11/h6,11-13H,3-5,7-9H2,1-2H3,(H,18,20)(H,19,21)/t11-,12+,13+/m0/s1. The Morgan fingerprint density at radius 3 is 2.68 bits per heavy atom. The van der Waals surface area contributed by atoms with Gasteiger partial charge in [0.15, 0.2) is 0 Å². The predicted octanol–water partition coefficient (Wildman–Crippen LogP) is 3.21. The second-order valence-electron chi connectivity index (χ2n) is 6.71. The molecule has 3 rings (SSSR count). The van der Waals surface area contributed by atoms with Crippen LogP contribution in [0.5, 0.6) is 0 Å². The van der Waals surface area contributed by atoms with Crippen LogP contribution in [0.1, 0.15) is 59.1 Å². The third kappa shape index (κ3) is 3.19. The van der Waals surface area contributed by atoms with Gasteiger partial charge in [0.2, 0.25) is 5.91 Å². The second-order valence-corrected chi connectivity index (χ2v) is 7.85. The number of aryl methyl sites for hydroxylation is 2. The molecule has 0 unspecified atom stereocenters. The van der Waals surface area contributed by atoms with Crippen molar-refractivity contribution in [3.63, 3.8) is 0 Å². The molecule has 0 aromatic carbocycles. The van der Waals surface area contributed by atoms with Gasteiger partial charge in [0, 0.05) is 11.3 Å². The number of rotatable bonds is 4. The summed E-state index contributed by atoms with van der Waals surface area (Å²) in [6.45, 7) is 4.09. The van der Waals surface area contributed by atoms with Crippen LogP contribution in [0.15, 0.2) is 6.07 Å². The van der Waals surface area contributed by atoms with E-state index in [1.54, 1.807) is 0 Å². The maximum atomic E-state index is 12.1. The quantitative estimate of drug-likeness (QED) is 0.837. The van der Waals surface area contributed by atoms with Crippen LogP contribution in [-0.2, 0) is 11.2 Å². The van der Waals surface area contributed by atoms with Crippen LogP contribution in [0.3, 0.4) is 0 Å². The smallest absolute Gasteiger partial charge is 0.273 e. The first kappa shape index (κ1) is 15.5. The fourth-order valence-electron chi connectivity index (χ4n) is 4.09. The molecule has 1 aromatic heterocycles. The normalized spacial score (nSPS) is 26.2. The number of hydrazine groups is 1. The Hall–Kier alpha value is -1.36. The van der Waals surface area contributed by atoms with Crippen molar-refractivity contribution in [3.8, 4) is 0 Å². The first-order valence-corrected chi connectivity index (χ1v) is 9.07. The van der Waals surface area contributed by atoms with Crippen LogP contribution < -0.4 is 10.9 Å². The Morgan fingerprint density at radius 1 is 1.27 bits per heavy atom. The second kappa shape index (κ2) is 6.41. The molecule has 2 aliphatic carbocycles. The monoisotopic (exact) mass is 320 g/mol.